The topological polar surface area (TPSA) is 0 Å². The Bertz CT molecular complexity index is 3610. The quantitative estimate of drug-likeness (QED) is 0.0275. The second-order valence-electron chi connectivity index (χ2n) is 26.1. The molecule has 0 aliphatic carbocycles. The van der Waals surface area contributed by atoms with Crippen LogP contribution < -0.4 is 41.7 Å². The van der Waals surface area contributed by atoms with Gasteiger partial charge in [0.15, 0.2) is 0 Å². The standard InChI is InChI=1S/C27H25BF9.C24H25BCl3.2C15H18N/c1-2-3-4-5-15-28(22-12-6-9-19(16-22)25(29,30)31,23-13-7-10-20(17-23)26(32,33)34)24-14-8-11-21(18-24)27(35,36)37;1-2-3-4-5-18-25(19-6-12-22(26)13-7-19,20-8-14-23(27)15-9-20)21-10-16-24(28)17-11-21;2*1-16(2,15-11-7-4-8-12-15)13-14-9-5-3-6-10-14/h6-14,16-18H,2-5,15H2,1H3;6-17H,2-5,18H2,1H3;2*3-12H,13H2,1-2H3/q2*-1;2*+1. The SMILES string of the molecule is CCCCCC[B-](c1ccc(Cl)cc1)(c1ccc(Cl)cc1)c1ccc(Cl)cc1.CCCCCC[B-](c1cccc(C(F)(F)F)c1)(c1cccc(C(F)(F)F)c1)c1cccc(C(F)(F)F)c1.C[N+](C)(Cc1ccccc1)c1ccccc1.C[N+](C)(Cc1ccccc1)c1ccccc1. The summed E-state index contributed by atoms with van der Waals surface area (Å²) in [6.45, 7) is 6.22. The third-order valence-corrected chi connectivity index (χ3v) is 19.2. The van der Waals surface area contributed by atoms with Crippen molar-refractivity contribution < 1.29 is 39.5 Å². The first-order chi connectivity index (χ1) is 46.1. The van der Waals surface area contributed by atoms with Crippen LogP contribution in [0.25, 0.3) is 0 Å². The van der Waals surface area contributed by atoms with E-state index in [1.54, 1.807) is 0 Å². The fraction of sp³-hybridized carbons (Fsp3) is 0.259. The summed E-state index contributed by atoms with van der Waals surface area (Å²) >= 11 is 18.6. The third-order valence-electron chi connectivity index (χ3n) is 18.4. The molecule has 16 heteroatoms. The summed E-state index contributed by atoms with van der Waals surface area (Å²) in [5.74, 6) is 0. The smallest absolute Gasteiger partial charge is 0.292 e. The minimum atomic E-state index is -4.75. The monoisotopic (exact) mass is 1380 g/mol. The molecule has 2 nitrogen and oxygen atoms in total. The molecule has 0 fully saturated rings. The van der Waals surface area contributed by atoms with Gasteiger partial charge >= 0.3 is 18.5 Å². The van der Waals surface area contributed by atoms with Gasteiger partial charge in [0.05, 0.1) is 57.2 Å². The van der Waals surface area contributed by atoms with Crippen molar-refractivity contribution in [2.45, 2.75) is 109 Å². The highest BCUT2D eigenvalue weighted by Crippen LogP contribution is 2.34. The van der Waals surface area contributed by atoms with Crippen molar-refractivity contribution >= 4 is 91.2 Å². The lowest BCUT2D eigenvalue weighted by Gasteiger charge is -2.44. The zero-order chi connectivity index (χ0) is 70.3. The summed E-state index contributed by atoms with van der Waals surface area (Å²) in [4.78, 5) is 0. The number of benzene rings is 10. The van der Waals surface area contributed by atoms with Gasteiger partial charge in [-0.1, -0.05) is 306 Å². The largest absolute Gasteiger partial charge is 0.416 e. The lowest BCUT2D eigenvalue weighted by molar-refractivity contribution is -0.138. The molecule has 0 unspecified atom stereocenters. The van der Waals surface area contributed by atoms with E-state index in [-0.39, 0.29) is 22.7 Å². The number of alkyl halides is 9. The summed E-state index contributed by atoms with van der Waals surface area (Å²) < 4.78 is 125. The van der Waals surface area contributed by atoms with E-state index < -0.39 is 47.5 Å². The summed E-state index contributed by atoms with van der Waals surface area (Å²) in [5, 5.41) is 2.27. The molecule has 0 bridgehead atoms. The molecule has 97 heavy (non-hydrogen) atoms. The Labute approximate surface area is 583 Å². The van der Waals surface area contributed by atoms with Crippen molar-refractivity contribution in [3.05, 3.63) is 310 Å². The molecule has 0 radical (unpaired) electrons. The maximum Gasteiger partial charge on any atom is 0.416 e. The second-order valence-corrected chi connectivity index (χ2v) is 27.5. The molecular formula is C81H86B2Cl3F9N2. The molecule has 0 atom stereocenters. The van der Waals surface area contributed by atoms with Crippen LogP contribution in [0.5, 0.6) is 0 Å². The molecule has 0 saturated carbocycles. The van der Waals surface area contributed by atoms with Crippen molar-refractivity contribution in [1.82, 2.24) is 8.97 Å². The summed E-state index contributed by atoms with van der Waals surface area (Å²) in [6, 6.07) is 80.0. The van der Waals surface area contributed by atoms with Crippen molar-refractivity contribution in [2.24, 2.45) is 0 Å². The van der Waals surface area contributed by atoms with E-state index in [1.807, 2.05) is 43.3 Å². The van der Waals surface area contributed by atoms with Gasteiger partial charge in [-0.25, -0.2) is 0 Å². The molecule has 510 valence electrons. The van der Waals surface area contributed by atoms with Gasteiger partial charge in [-0.2, -0.15) is 84.9 Å². The molecule has 0 heterocycles. The lowest BCUT2D eigenvalue weighted by Crippen LogP contribution is -2.67. The molecule has 0 saturated heterocycles. The van der Waals surface area contributed by atoms with E-state index in [0.29, 0.717) is 12.8 Å². The molecule has 0 aromatic heterocycles. The van der Waals surface area contributed by atoms with Crippen LogP contribution in [-0.4, -0.2) is 40.5 Å². The highest BCUT2D eigenvalue weighted by Gasteiger charge is 2.39. The van der Waals surface area contributed by atoms with E-state index in [2.05, 4.69) is 193 Å². The first-order valence-corrected chi connectivity index (χ1v) is 34.3. The maximum absolute atomic E-state index is 13.7. The van der Waals surface area contributed by atoms with Crippen molar-refractivity contribution in [3.8, 4) is 0 Å². The zero-order valence-corrected chi connectivity index (χ0v) is 58.2. The number of hydrogen-bond acceptors (Lipinski definition) is 0. The lowest BCUT2D eigenvalue weighted by atomic mass is 9.14. The van der Waals surface area contributed by atoms with E-state index in [1.165, 1.54) is 82.8 Å². The van der Waals surface area contributed by atoms with Gasteiger partial charge in [-0.05, 0) is 60.7 Å². The van der Waals surface area contributed by atoms with Gasteiger partial charge in [0.25, 0.3) is 0 Å². The van der Waals surface area contributed by atoms with Crippen LogP contribution in [0, 0.1) is 0 Å². The van der Waals surface area contributed by atoms with Gasteiger partial charge < -0.3 is 0 Å². The molecule has 0 amide bonds. The van der Waals surface area contributed by atoms with E-state index in [4.69, 9.17) is 34.8 Å². The molecule has 0 aliphatic heterocycles. The van der Waals surface area contributed by atoms with Crippen LogP contribution in [0.1, 0.15) is 93.0 Å². The molecule has 10 rings (SSSR count). The van der Waals surface area contributed by atoms with Crippen molar-refractivity contribution in [3.63, 3.8) is 0 Å². The normalized spacial score (nSPS) is 12.1. The first kappa shape index (κ1) is 76.9. The predicted octanol–water partition coefficient (Wildman–Crippen LogP) is 21.4. The molecule has 10 aromatic carbocycles. The number of unbranched alkanes of at least 4 members (excludes halogenated alkanes) is 6. The van der Waals surface area contributed by atoms with Crippen LogP contribution in [-0.2, 0) is 31.6 Å². The number of hydrogen-bond donors (Lipinski definition) is 0. The Balaban J connectivity index is 0.000000194. The highest BCUT2D eigenvalue weighted by atomic mass is 35.5. The number of nitrogens with zero attached hydrogens (tertiary/aromatic N) is 2. The van der Waals surface area contributed by atoms with Crippen LogP contribution in [0.3, 0.4) is 0 Å². The zero-order valence-electron chi connectivity index (χ0n) is 56.0. The number of quaternary nitrogens is 2. The van der Waals surface area contributed by atoms with E-state index in [9.17, 15) is 39.5 Å². The van der Waals surface area contributed by atoms with E-state index >= 15 is 0 Å². The summed E-state index contributed by atoms with van der Waals surface area (Å²) in [5.41, 5.74) is 6.34. The van der Waals surface area contributed by atoms with Crippen LogP contribution >= 0.6 is 34.8 Å². The Morgan fingerprint density at radius 2 is 0.546 bits per heavy atom. The third kappa shape index (κ3) is 21.7. The fourth-order valence-electron chi connectivity index (χ4n) is 13.3. The predicted molar refractivity (Wildman–Crippen MR) is 396 cm³/mol. The summed E-state index contributed by atoms with van der Waals surface area (Å²) in [7, 11) is 8.95. The molecule has 0 N–H and O–H groups in total. The highest BCUT2D eigenvalue weighted by molar-refractivity contribution is 7.12. The Hall–Kier alpha value is -7.51. The van der Waals surface area contributed by atoms with Gasteiger partial charge in [-0.3, -0.25) is 8.97 Å². The Morgan fingerprint density at radius 1 is 0.289 bits per heavy atom. The minimum Gasteiger partial charge on any atom is -0.292 e. The average Bonchev–Trinajstić information content (AvgIpc) is 0.760. The van der Waals surface area contributed by atoms with Gasteiger partial charge in [0.2, 0.25) is 0 Å². The minimum absolute atomic E-state index is 0.0324. The number of rotatable bonds is 22. The summed E-state index contributed by atoms with van der Waals surface area (Å²) in [6.07, 6.45) is -9.41. The van der Waals surface area contributed by atoms with Gasteiger partial charge in [0.1, 0.15) is 24.5 Å². The molecular weight excluding hydrogens is 1300 g/mol. The maximum atomic E-state index is 13.7. The fourth-order valence-corrected chi connectivity index (χ4v) is 13.7. The Morgan fingerprint density at radius 3 is 0.804 bits per heavy atom. The molecule has 0 spiro atoms. The average molecular weight is 1390 g/mol. The van der Waals surface area contributed by atoms with Gasteiger partial charge in [0, 0.05) is 26.2 Å². The molecule has 0 aliphatic rings. The van der Waals surface area contributed by atoms with Gasteiger partial charge in [-0.15, -0.1) is 0 Å². The molecule has 10 aromatic rings. The number of para-hydroxylation sites is 2. The van der Waals surface area contributed by atoms with Crippen molar-refractivity contribution in [1.29, 1.82) is 0 Å². The van der Waals surface area contributed by atoms with Crippen LogP contribution in [0.15, 0.2) is 267 Å². The van der Waals surface area contributed by atoms with Crippen molar-refractivity contribution in [2.75, 3.05) is 28.2 Å². The Kier molecular flexibility index (Phi) is 28.0. The second kappa shape index (κ2) is 35.3. The first-order valence-electron chi connectivity index (χ1n) is 33.1. The van der Waals surface area contributed by atoms with E-state index in [0.717, 1.165) is 111 Å². The number of halogens is 12. The van der Waals surface area contributed by atoms with Crippen LogP contribution in [0.2, 0.25) is 27.7 Å². The van der Waals surface area contributed by atoms with Crippen LogP contribution in [0.4, 0.5) is 50.9 Å².